The van der Waals surface area contributed by atoms with E-state index < -0.39 is 0 Å². The summed E-state index contributed by atoms with van der Waals surface area (Å²) in [7, 11) is 1.58. The molecule has 0 aliphatic rings. The van der Waals surface area contributed by atoms with Gasteiger partial charge in [0.1, 0.15) is 11.3 Å². The van der Waals surface area contributed by atoms with E-state index in [0.717, 1.165) is 9.60 Å². The number of halogens is 1. The first kappa shape index (κ1) is 16.9. The van der Waals surface area contributed by atoms with Crippen molar-refractivity contribution >= 4 is 56.0 Å². The third-order valence-corrected chi connectivity index (χ3v) is 5.54. The van der Waals surface area contributed by atoms with Crippen molar-refractivity contribution in [2.45, 2.75) is 4.90 Å². The van der Waals surface area contributed by atoms with Gasteiger partial charge in [-0.15, -0.1) is 11.8 Å². The second-order valence-electron chi connectivity index (χ2n) is 4.72. The Morgan fingerprint density at radius 1 is 1.29 bits per heavy atom. The molecule has 0 saturated heterocycles. The summed E-state index contributed by atoms with van der Waals surface area (Å²) in [5, 5.41) is 1.15. The van der Waals surface area contributed by atoms with Gasteiger partial charge >= 0.3 is 0 Å². The first-order chi connectivity index (χ1) is 11.7. The Morgan fingerprint density at radius 3 is 2.83 bits per heavy atom. The zero-order valence-electron chi connectivity index (χ0n) is 12.7. The highest BCUT2D eigenvalue weighted by molar-refractivity contribution is 8.00. The van der Waals surface area contributed by atoms with E-state index in [1.807, 2.05) is 30.3 Å². The van der Waals surface area contributed by atoms with Gasteiger partial charge in [0.2, 0.25) is 11.0 Å². The minimum Gasteiger partial charge on any atom is -0.494 e. The molecule has 24 heavy (non-hydrogen) atoms. The van der Waals surface area contributed by atoms with E-state index in [0.29, 0.717) is 27.2 Å². The molecule has 0 aliphatic carbocycles. The number of fused-ring (bicyclic) bond motifs is 1. The number of thioether (sulfide) groups is 1. The van der Waals surface area contributed by atoms with Gasteiger partial charge in [0.05, 0.1) is 22.6 Å². The van der Waals surface area contributed by atoms with Crippen LogP contribution in [-0.2, 0) is 4.79 Å². The third-order valence-electron chi connectivity index (χ3n) is 3.10. The van der Waals surface area contributed by atoms with Gasteiger partial charge in [-0.05, 0) is 24.3 Å². The van der Waals surface area contributed by atoms with E-state index in [9.17, 15) is 4.79 Å². The van der Waals surface area contributed by atoms with E-state index in [1.54, 1.807) is 19.2 Å². The molecule has 0 fully saturated rings. The van der Waals surface area contributed by atoms with Crippen LogP contribution in [0, 0.1) is 0 Å². The summed E-state index contributed by atoms with van der Waals surface area (Å²) in [6.07, 6.45) is 0. The number of rotatable bonds is 6. The quantitative estimate of drug-likeness (QED) is 0.496. The molecule has 3 aromatic rings. The third kappa shape index (κ3) is 3.92. The normalized spacial score (nSPS) is 10.6. The largest absolute Gasteiger partial charge is 0.494 e. The molecule has 1 aromatic heterocycles. The van der Waals surface area contributed by atoms with Crippen LogP contribution in [0.1, 0.15) is 0 Å². The van der Waals surface area contributed by atoms with Crippen molar-refractivity contribution in [1.82, 2.24) is 10.4 Å². The Kier molecular flexibility index (Phi) is 5.44. The number of ether oxygens (including phenoxy) is 1. The fourth-order valence-corrected chi connectivity index (χ4v) is 3.82. The van der Waals surface area contributed by atoms with E-state index >= 15 is 0 Å². The van der Waals surface area contributed by atoms with Crippen molar-refractivity contribution in [3.8, 4) is 5.75 Å². The summed E-state index contributed by atoms with van der Waals surface area (Å²) < 4.78 is 6.09. The van der Waals surface area contributed by atoms with Gasteiger partial charge in [0, 0.05) is 4.90 Å². The van der Waals surface area contributed by atoms with Gasteiger partial charge in [-0.3, -0.25) is 15.6 Å². The molecule has 0 saturated carbocycles. The SMILES string of the molecule is COc1ccc(Cl)c2sc(NNC(=O)CSc3ccccc3)nc12. The van der Waals surface area contributed by atoms with Crippen LogP contribution in [0.25, 0.3) is 10.2 Å². The summed E-state index contributed by atoms with van der Waals surface area (Å²) in [5.74, 6) is 0.817. The number of hydrazine groups is 1. The maximum Gasteiger partial charge on any atom is 0.248 e. The molecule has 1 amide bonds. The lowest BCUT2D eigenvalue weighted by Crippen LogP contribution is -2.30. The average Bonchev–Trinajstić information content (AvgIpc) is 3.05. The second kappa shape index (κ2) is 7.74. The van der Waals surface area contributed by atoms with Gasteiger partial charge in [0.25, 0.3) is 0 Å². The zero-order chi connectivity index (χ0) is 16.9. The van der Waals surface area contributed by atoms with Crippen molar-refractivity contribution in [3.63, 3.8) is 0 Å². The number of hydrogen-bond acceptors (Lipinski definition) is 6. The molecule has 2 aromatic carbocycles. The lowest BCUT2D eigenvalue weighted by Gasteiger charge is -2.05. The molecule has 0 spiro atoms. The molecule has 8 heteroatoms. The van der Waals surface area contributed by atoms with Crippen molar-refractivity contribution < 1.29 is 9.53 Å². The summed E-state index contributed by atoms with van der Waals surface area (Å²) in [6.45, 7) is 0. The molecular formula is C16H14ClN3O2S2. The number of nitrogens with one attached hydrogen (secondary N) is 2. The first-order valence-electron chi connectivity index (χ1n) is 7.03. The van der Waals surface area contributed by atoms with E-state index in [1.165, 1.54) is 23.1 Å². The van der Waals surface area contributed by atoms with Crippen LogP contribution < -0.4 is 15.6 Å². The standard InChI is InChI=1S/C16H14ClN3O2S2/c1-22-12-8-7-11(17)15-14(12)18-16(24-15)20-19-13(21)9-23-10-5-3-2-4-6-10/h2-8H,9H2,1H3,(H,18,20)(H,19,21). The van der Waals surface area contributed by atoms with Gasteiger partial charge in [-0.25, -0.2) is 4.98 Å². The predicted octanol–water partition coefficient (Wildman–Crippen LogP) is 4.19. The van der Waals surface area contributed by atoms with Crippen LogP contribution in [0.4, 0.5) is 5.13 Å². The fourth-order valence-electron chi connectivity index (χ4n) is 2.00. The van der Waals surface area contributed by atoms with Crippen LogP contribution in [0.5, 0.6) is 5.75 Å². The molecule has 0 atom stereocenters. The molecule has 124 valence electrons. The average molecular weight is 380 g/mol. The molecule has 0 aliphatic heterocycles. The number of amides is 1. The second-order valence-corrected chi connectivity index (χ2v) is 7.18. The molecule has 3 rings (SSSR count). The van der Waals surface area contributed by atoms with Gasteiger partial charge in [0.15, 0.2) is 0 Å². The number of nitrogens with zero attached hydrogens (tertiary/aromatic N) is 1. The summed E-state index contributed by atoms with van der Waals surface area (Å²) >= 11 is 9.00. The fraction of sp³-hybridized carbons (Fsp3) is 0.125. The number of aromatic nitrogens is 1. The Balaban J connectivity index is 1.61. The predicted molar refractivity (Wildman–Crippen MR) is 100 cm³/mol. The highest BCUT2D eigenvalue weighted by Gasteiger charge is 2.12. The summed E-state index contributed by atoms with van der Waals surface area (Å²) in [5.41, 5.74) is 6.14. The lowest BCUT2D eigenvalue weighted by molar-refractivity contribution is -0.118. The zero-order valence-corrected chi connectivity index (χ0v) is 15.1. The monoisotopic (exact) mass is 379 g/mol. The first-order valence-corrected chi connectivity index (χ1v) is 9.21. The Bertz CT molecular complexity index is 855. The molecule has 1 heterocycles. The molecular weight excluding hydrogens is 366 g/mol. The summed E-state index contributed by atoms with van der Waals surface area (Å²) in [4.78, 5) is 17.4. The smallest absolute Gasteiger partial charge is 0.248 e. The van der Waals surface area contributed by atoms with Gasteiger partial charge in [-0.2, -0.15) is 0 Å². The maximum absolute atomic E-state index is 11.9. The van der Waals surface area contributed by atoms with E-state index in [2.05, 4.69) is 15.8 Å². The van der Waals surface area contributed by atoms with Crippen molar-refractivity contribution in [1.29, 1.82) is 0 Å². The minimum atomic E-state index is -0.138. The molecule has 0 bridgehead atoms. The van der Waals surface area contributed by atoms with Crippen LogP contribution in [0.2, 0.25) is 5.02 Å². The van der Waals surface area contributed by atoms with Crippen LogP contribution in [-0.4, -0.2) is 23.8 Å². The maximum atomic E-state index is 11.9. The molecule has 5 nitrogen and oxygen atoms in total. The van der Waals surface area contributed by atoms with E-state index in [4.69, 9.17) is 16.3 Å². The highest BCUT2D eigenvalue weighted by atomic mass is 35.5. The number of carbonyl (C=O) groups is 1. The van der Waals surface area contributed by atoms with Crippen molar-refractivity contribution in [3.05, 3.63) is 47.5 Å². The number of hydrogen-bond donors (Lipinski definition) is 2. The van der Waals surface area contributed by atoms with Crippen LogP contribution in [0.15, 0.2) is 47.4 Å². The Morgan fingerprint density at radius 2 is 2.08 bits per heavy atom. The highest BCUT2D eigenvalue weighted by Crippen LogP contribution is 2.37. The van der Waals surface area contributed by atoms with Crippen LogP contribution >= 0.6 is 34.7 Å². The number of carbonyl (C=O) groups excluding carboxylic acids is 1. The number of anilines is 1. The van der Waals surface area contributed by atoms with E-state index in [-0.39, 0.29) is 5.91 Å². The molecule has 0 unspecified atom stereocenters. The lowest BCUT2D eigenvalue weighted by atomic mass is 10.3. The van der Waals surface area contributed by atoms with Crippen LogP contribution in [0.3, 0.4) is 0 Å². The van der Waals surface area contributed by atoms with Gasteiger partial charge < -0.3 is 4.74 Å². The minimum absolute atomic E-state index is 0.138. The Hall–Kier alpha value is -1.96. The van der Waals surface area contributed by atoms with Gasteiger partial charge in [-0.1, -0.05) is 41.1 Å². The Labute approximate surface area is 152 Å². The number of methoxy groups -OCH3 is 1. The topological polar surface area (TPSA) is 63.2 Å². The summed E-state index contributed by atoms with van der Waals surface area (Å²) in [6, 6.07) is 13.3. The number of benzene rings is 2. The number of thiazole rings is 1. The molecule has 2 N–H and O–H groups in total. The van der Waals surface area contributed by atoms with Crippen molar-refractivity contribution in [2.75, 3.05) is 18.3 Å². The molecule has 0 radical (unpaired) electrons. The van der Waals surface area contributed by atoms with Crippen molar-refractivity contribution in [2.24, 2.45) is 0 Å².